The average molecular weight is 387 g/mol. The molecule has 0 amide bonds. The van der Waals surface area contributed by atoms with Crippen LogP contribution in [-0.4, -0.2) is 78.9 Å². The van der Waals surface area contributed by atoms with Gasteiger partial charge in [0.05, 0.1) is 25.4 Å². The maximum absolute atomic E-state index is 10.3. The molecule has 3 unspecified atom stereocenters. The van der Waals surface area contributed by atoms with Gasteiger partial charge in [0.2, 0.25) is 0 Å². The van der Waals surface area contributed by atoms with Crippen molar-refractivity contribution in [1.29, 1.82) is 0 Å². The molecule has 3 rings (SSSR count). The Labute approximate surface area is 168 Å². The van der Waals surface area contributed by atoms with Gasteiger partial charge in [0.1, 0.15) is 0 Å². The molecule has 2 N–H and O–H groups in total. The quantitative estimate of drug-likeness (QED) is 0.407. The van der Waals surface area contributed by atoms with Crippen LogP contribution < -0.4 is 5.32 Å². The summed E-state index contributed by atoms with van der Waals surface area (Å²) in [6.07, 6.45) is 5.00. The van der Waals surface area contributed by atoms with Crippen LogP contribution in [0.1, 0.15) is 31.9 Å². The van der Waals surface area contributed by atoms with Crippen LogP contribution in [-0.2, 0) is 4.74 Å². The van der Waals surface area contributed by atoms with Crippen molar-refractivity contribution in [2.24, 2.45) is 4.99 Å². The molecule has 6 heteroatoms. The summed E-state index contributed by atoms with van der Waals surface area (Å²) in [5.41, 5.74) is 1.12. The van der Waals surface area contributed by atoms with Gasteiger partial charge in [0, 0.05) is 38.8 Å². The maximum atomic E-state index is 10.3. The summed E-state index contributed by atoms with van der Waals surface area (Å²) >= 11 is 0. The average Bonchev–Trinajstić information content (AvgIpc) is 3.41. The summed E-state index contributed by atoms with van der Waals surface area (Å²) in [5, 5.41) is 13.7. The monoisotopic (exact) mass is 386 g/mol. The molecule has 1 fully saturated rings. The molecule has 0 aromatic heterocycles. The second kappa shape index (κ2) is 10.6. The van der Waals surface area contributed by atoms with E-state index in [0.29, 0.717) is 12.6 Å². The largest absolute Gasteiger partial charge is 0.389 e. The van der Waals surface area contributed by atoms with E-state index in [0.717, 1.165) is 50.7 Å². The van der Waals surface area contributed by atoms with Crippen LogP contribution in [0.25, 0.3) is 0 Å². The zero-order chi connectivity index (χ0) is 19.8. The van der Waals surface area contributed by atoms with Gasteiger partial charge in [-0.3, -0.25) is 9.89 Å². The smallest absolute Gasteiger partial charge is 0.194 e. The highest BCUT2D eigenvalue weighted by Crippen LogP contribution is 2.18. The summed E-state index contributed by atoms with van der Waals surface area (Å²) in [6, 6.07) is 10.7. The Kier molecular flexibility index (Phi) is 7.89. The van der Waals surface area contributed by atoms with E-state index < -0.39 is 6.10 Å². The molecule has 1 aromatic rings. The highest BCUT2D eigenvalue weighted by Gasteiger charge is 2.29. The number of aliphatic imine (C=N–C) groups is 1. The Hall–Kier alpha value is -1.89. The highest BCUT2D eigenvalue weighted by atomic mass is 16.5. The fraction of sp³-hybridized carbons (Fsp3) is 0.591. The number of benzene rings is 1. The van der Waals surface area contributed by atoms with Gasteiger partial charge in [0.25, 0.3) is 0 Å². The summed E-state index contributed by atoms with van der Waals surface area (Å²) < 4.78 is 5.83. The lowest BCUT2D eigenvalue weighted by atomic mass is 10.1. The standard InChI is InChI=1S/C22H34N4O2/c1-3-23-22(26-14-11-20(16-26)25-12-7-8-13-25)24-15-21(27)17-28-18(2)19-9-5-4-6-10-19/h4-10,18,20-21,27H,3,11-17H2,1-2H3,(H,23,24). The number of ether oxygens (including phenoxy) is 1. The molecular formula is C22H34N4O2. The van der Waals surface area contributed by atoms with Gasteiger partial charge >= 0.3 is 0 Å². The molecule has 2 heterocycles. The Bertz CT molecular complexity index is 641. The fourth-order valence-corrected chi connectivity index (χ4v) is 3.77. The first-order valence-electron chi connectivity index (χ1n) is 10.4. The van der Waals surface area contributed by atoms with Crippen LogP contribution in [0.5, 0.6) is 0 Å². The number of aliphatic hydroxyl groups excluding tert-OH is 1. The van der Waals surface area contributed by atoms with E-state index >= 15 is 0 Å². The molecular weight excluding hydrogens is 352 g/mol. The molecule has 1 aromatic carbocycles. The first kappa shape index (κ1) is 20.8. The summed E-state index contributed by atoms with van der Waals surface area (Å²) in [5.74, 6) is 0.896. The molecule has 6 nitrogen and oxygen atoms in total. The Morgan fingerprint density at radius 1 is 1.29 bits per heavy atom. The third-order valence-corrected chi connectivity index (χ3v) is 5.42. The van der Waals surface area contributed by atoms with Crippen molar-refractivity contribution in [3.63, 3.8) is 0 Å². The minimum Gasteiger partial charge on any atom is -0.389 e. The molecule has 0 saturated carbocycles. The second-order valence-corrected chi connectivity index (χ2v) is 7.55. The predicted molar refractivity (Wildman–Crippen MR) is 113 cm³/mol. The van der Waals surface area contributed by atoms with Gasteiger partial charge < -0.3 is 20.1 Å². The minimum absolute atomic E-state index is 0.0403. The number of hydrogen-bond acceptors (Lipinski definition) is 4. The van der Waals surface area contributed by atoms with Crippen LogP contribution in [0, 0.1) is 0 Å². The molecule has 0 bridgehead atoms. The van der Waals surface area contributed by atoms with E-state index in [-0.39, 0.29) is 12.7 Å². The molecule has 0 aliphatic carbocycles. The van der Waals surface area contributed by atoms with Crippen LogP contribution in [0.15, 0.2) is 47.5 Å². The van der Waals surface area contributed by atoms with Crippen LogP contribution in [0.2, 0.25) is 0 Å². The molecule has 154 valence electrons. The molecule has 0 spiro atoms. The third-order valence-electron chi connectivity index (χ3n) is 5.42. The Morgan fingerprint density at radius 3 is 2.75 bits per heavy atom. The van der Waals surface area contributed by atoms with E-state index in [1.165, 1.54) is 0 Å². The van der Waals surface area contributed by atoms with Crippen LogP contribution in [0.4, 0.5) is 0 Å². The fourth-order valence-electron chi connectivity index (χ4n) is 3.77. The maximum Gasteiger partial charge on any atom is 0.194 e. The van der Waals surface area contributed by atoms with Crippen LogP contribution >= 0.6 is 0 Å². The van der Waals surface area contributed by atoms with Crippen molar-refractivity contribution in [2.75, 3.05) is 45.9 Å². The normalized spacial score (nSPS) is 22.6. The molecule has 0 radical (unpaired) electrons. The lowest BCUT2D eigenvalue weighted by Crippen LogP contribution is -2.43. The lowest BCUT2D eigenvalue weighted by Gasteiger charge is -2.25. The van der Waals surface area contributed by atoms with Gasteiger partial charge in [-0.15, -0.1) is 0 Å². The summed E-state index contributed by atoms with van der Waals surface area (Å²) in [7, 11) is 0. The van der Waals surface area contributed by atoms with Gasteiger partial charge in [0.15, 0.2) is 5.96 Å². The minimum atomic E-state index is -0.610. The van der Waals surface area contributed by atoms with Crippen molar-refractivity contribution < 1.29 is 9.84 Å². The summed E-state index contributed by atoms with van der Waals surface area (Å²) in [4.78, 5) is 9.50. The van der Waals surface area contributed by atoms with E-state index in [2.05, 4.69) is 39.2 Å². The van der Waals surface area contributed by atoms with Crippen molar-refractivity contribution in [1.82, 2.24) is 15.1 Å². The van der Waals surface area contributed by atoms with Gasteiger partial charge in [-0.25, -0.2) is 0 Å². The Morgan fingerprint density at radius 2 is 2.04 bits per heavy atom. The number of guanidine groups is 1. The van der Waals surface area contributed by atoms with Gasteiger partial charge in [-0.2, -0.15) is 0 Å². The van der Waals surface area contributed by atoms with E-state index in [9.17, 15) is 5.11 Å². The molecule has 1 saturated heterocycles. The lowest BCUT2D eigenvalue weighted by molar-refractivity contribution is 0.00106. The number of hydrogen-bond donors (Lipinski definition) is 2. The van der Waals surface area contributed by atoms with Crippen LogP contribution in [0.3, 0.4) is 0 Å². The SMILES string of the molecule is CCNC(=NCC(O)COC(C)c1ccccc1)N1CCC(N2CC=CC2)C1. The van der Waals surface area contributed by atoms with E-state index in [1.54, 1.807) is 0 Å². The second-order valence-electron chi connectivity index (χ2n) is 7.55. The van der Waals surface area contributed by atoms with E-state index in [1.807, 2.05) is 37.3 Å². The van der Waals surface area contributed by atoms with Gasteiger partial charge in [-0.05, 0) is 25.8 Å². The predicted octanol–water partition coefficient (Wildman–Crippen LogP) is 2.04. The topological polar surface area (TPSA) is 60.3 Å². The number of nitrogens with one attached hydrogen (secondary N) is 1. The molecule has 3 atom stereocenters. The molecule has 2 aliphatic rings. The first-order chi connectivity index (χ1) is 13.7. The molecule has 2 aliphatic heterocycles. The number of rotatable bonds is 8. The number of likely N-dealkylation sites (tertiary alicyclic amines) is 1. The zero-order valence-corrected chi connectivity index (χ0v) is 17.1. The van der Waals surface area contributed by atoms with Crippen molar-refractivity contribution in [3.8, 4) is 0 Å². The van der Waals surface area contributed by atoms with Crippen molar-refractivity contribution >= 4 is 5.96 Å². The molecule has 28 heavy (non-hydrogen) atoms. The summed E-state index contributed by atoms with van der Waals surface area (Å²) in [6.45, 7) is 9.64. The van der Waals surface area contributed by atoms with Gasteiger partial charge in [-0.1, -0.05) is 42.5 Å². The highest BCUT2D eigenvalue weighted by molar-refractivity contribution is 5.80. The third kappa shape index (κ3) is 5.80. The number of nitrogens with zero attached hydrogens (tertiary/aromatic N) is 3. The van der Waals surface area contributed by atoms with E-state index in [4.69, 9.17) is 4.74 Å². The Balaban J connectivity index is 1.47. The van der Waals surface area contributed by atoms with Crippen molar-refractivity contribution in [2.45, 2.75) is 38.5 Å². The first-order valence-corrected chi connectivity index (χ1v) is 10.4. The number of aliphatic hydroxyl groups is 1. The van der Waals surface area contributed by atoms with Crippen molar-refractivity contribution in [3.05, 3.63) is 48.0 Å². The zero-order valence-electron chi connectivity index (χ0n) is 17.1.